The van der Waals surface area contributed by atoms with E-state index in [1.54, 1.807) is 18.2 Å². The van der Waals surface area contributed by atoms with E-state index in [-0.39, 0.29) is 32.1 Å². The highest BCUT2D eigenvalue weighted by Gasteiger charge is 2.48. The maximum absolute atomic E-state index is 13.9. The largest absolute Gasteiger partial charge is 0.508 e. The van der Waals surface area contributed by atoms with E-state index in [1.807, 2.05) is 27.7 Å². The predicted molar refractivity (Wildman–Crippen MR) is 149 cm³/mol. The van der Waals surface area contributed by atoms with Crippen LogP contribution in [0.4, 0.5) is 13.9 Å². The van der Waals surface area contributed by atoms with Crippen LogP contribution in [0.1, 0.15) is 50.4 Å². The molecule has 0 aliphatic carbocycles. The number of carbonyl (C=O) groups is 2. The summed E-state index contributed by atoms with van der Waals surface area (Å²) in [5.74, 6) is -3.86. The second kappa shape index (κ2) is 10.0. The summed E-state index contributed by atoms with van der Waals surface area (Å²) in [7, 11) is 0. The number of aliphatic hydroxyl groups is 1. The third kappa shape index (κ3) is 4.68. The number of ketones is 1. The smallest absolute Gasteiger partial charge is 0.301 e. The van der Waals surface area contributed by atoms with Crippen LogP contribution in [0, 0.1) is 11.6 Å². The van der Waals surface area contributed by atoms with E-state index in [4.69, 9.17) is 4.74 Å². The lowest BCUT2D eigenvalue weighted by Crippen LogP contribution is -2.29. The van der Waals surface area contributed by atoms with Gasteiger partial charge in [0.2, 0.25) is 0 Å². The standard InChI is InChI=1S/C30H26F2N2O5S/c1-5-39-22-11-8-16(12-18(22)30(2,3)4)26(36)24-25(15-6-9-17(35)10-7-15)34(28(38)27(24)37)29-33-21-13-19(31)20(32)14-23(21)40-29/h6-14,25,35-36H,5H2,1-4H3/b26-24+. The number of aliphatic hydroxyl groups excluding tert-OH is 1. The molecule has 7 nitrogen and oxygen atoms in total. The Kier molecular flexibility index (Phi) is 6.83. The van der Waals surface area contributed by atoms with Crippen molar-refractivity contribution in [3.8, 4) is 11.5 Å². The molecule has 0 bridgehead atoms. The number of hydrogen-bond donors (Lipinski definition) is 2. The number of anilines is 1. The lowest BCUT2D eigenvalue weighted by atomic mass is 9.84. The highest BCUT2D eigenvalue weighted by atomic mass is 32.1. The number of halogens is 2. The summed E-state index contributed by atoms with van der Waals surface area (Å²) < 4.78 is 33.8. The molecule has 40 heavy (non-hydrogen) atoms. The minimum Gasteiger partial charge on any atom is -0.508 e. The highest BCUT2D eigenvalue weighted by Crippen LogP contribution is 2.45. The zero-order valence-electron chi connectivity index (χ0n) is 22.2. The number of benzene rings is 3. The van der Waals surface area contributed by atoms with Crippen molar-refractivity contribution in [1.29, 1.82) is 0 Å². The third-order valence-electron chi connectivity index (χ3n) is 6.64. The number of thiazole rings is 1. The van der Waals surface area contributed by atoms with Crippen molar-refractivity contribution in [2.45, 2.75) is 39.2 Å². The number of Topliss-reactive ketones (excluding diaryl/α,β-unsaturated/α-hetero) is 1. The fourth-order valence-corrected chi connectivity index (χ4v) is 5.72. The van der Waals surface area contributed by atoms with Gasteiger partial charge in [0, 0.05) is 17.2 Å². The molecule has 1 aliphatic rings. The molecule has 5 rings (SSSR count). The Balaban J connectivity index is 1.72. The number of aromatic nitrogens is 1. The minimum atomic E-state index is -1.12. The number of amides is 1. The minimum absolute atomic E-state index is 0.0290. The molecule has 0 saturated carbocycles. The number of fused-ring (bicyclic) bond motifs is 1. The summed E-state index contributed by atoms with van der Waals surface area (Å²) in [5, 5.41) is 21.4. The summed E-state index contributed by atoms with van der Waals surface area (Å²) in [6.07, 6.45) is 0. The van der Waals surface area contributed by atoms with Crippen LogP contribution < -0.4 is 9.64 Å². The molecular weight excluding hydrogens is 538 g/mol. The maximum Gasteiger partial charge on any atom is 0.301 e. The van der Waals surface area contributed by atoms with Crippen molar-refractivity contribution in [3.63, 3.8) is 0 Å². The van der Waals surface area contributed by atoms with Gasteiger partial charge in [0.05, 0.1) is 28.4 Å². The Hall–Kier alpha value is -4.31. The summed E-state index contributed by atoms with van der Waals surface area (Å²) in [5.41, 5.74) is 1.09. The van der Waals surface area contributed by atoms with E-state index < -0.39 is 35.1 Å². The average molecular weight is 565 g/mol. The van der Waals surface area contributed by atoms with Crippen LogP contribution in [0.25, 0.3) is 16.0 Å². The lowest BCUT2D eigenvalue weighted by molar-refractivity contribution is -0.132. The van der Waals surface area contributed by atoms with E-state index >= 15 is 0 Å². The van der Waals surface area contributed by atoms with Crippen LogP contribution in [-0.4, -0.2) is 33.5 Å². The molecule has 3 aromatic carbocycles. The second-order valence-corrected chi connectivity index (χ2v) is 11.4. The van der Waals surface area contributed by atoms with E-state index in [2.05, 4.69) is 4.98 Å². The van der Waals surface area contributed by atoms with Crippen molar-refractivity contribution in [3.05, 3.63) is 88.5 Å². The van der Waals surface area contributed by atoms with Gasteiger partial charge < -0.3 is 14.9 Å². The van der Waals surface area contributed by atoms with Gasteiger partial charge in [0.15, 0.2) is 16.8 Å². The first-order valence-electron chi connectivity index (χ1n) is 12.5. The fourth-order valence-electron chi connectivity index (χ4n) is 4.72. The summed E-state index contributed by atoms with van der Waals surface area (Å²) in [4.78, 5) is 32.4. The zero-order chi connectivity index (χ0) is 28.9. The van der Waals surface area contributed by atoms with Crippen LogP contribution in [-0.2, 0) is 15.0 Å². The Morgan fingerprint density at radius 3 is 2.38 bits per heavy atom. The molecular formula is C30H26F2N2O5S. The lowest BCUT2D eigenvalue weighted by Gasteiger charge is -2.25. The number of rotatable bonds is 5. The zero-order valence-corrected chi connectivity index (χ0v) is 23.0. The van der Waals surface area contributed by atoms with E-state index in [0.717, 1.165) is 33.9 Å². The normalized spacial score (nSPS) is 17.1. The number of aromatic hydroxyl groups is 1. The summed E-state index contributed by atoms with van der Waals surface area (Å²) in [6.45, 7) is 8.27. The molecule has 0 spiro atoms. The van der Waals surface area contributed by atoms with Gasteiger partial charge in [-0.05, 0) is 54.3 Å². The summed E-state index contributed by atoms with van der Waals surface area (Å²) in [6, 6.07) is 11.7. The first-order chi connectivity index (χ1) is 18.9. The van der Waals surface area contributed by atoms with Crippen LogP contribution >= 0.6 is 11.3 Å². The van der Waals surface area contributed by atoms with E-state index in [1.165, 1.54) is 24.3 Å². The van der Waals surface area contributed by atoms with Gasteiger partial charge in [-0.2, -0.15) is 0 Å². The molecule has 1 atom stereocenters. The molecule has 1 unspecified atom stereocenters. The SMILES string of the molecule is CCOc1ccc(/C(O)=C2\C(=O)C(=O)N(c3nc4cc(F)c(F)cc4s3)C2c2ccc(O)cc2)cc1C(C)(C)C. The molecule has 2 N–H and O–H groups in total. The van der Waals surface area contributed by atoms with E-state index in [0.29, 0.717) is 23.5 Å². The first-order valence-corrected chi connectivity index (χ1v) is 13.4. The number of hydrogen-bond acceptors (Lipinski definition) is 7. The van der Waals surface area contributed by atoms with Crippen LogP contribution in [0.15, 0.2) is 60.2 Å². The Bertz CT molecular complexity index is 1650. The molecule has 2 heterocycles. The van der Waals surface area contributed by atoms with Crippen LogP contribution in [0.2, 0.25) is 0 Å². The predicted octanol–water partition coefficient (Wildman–Crippen LogP) is 6.60. The molecule has 10 heteroatoms. The van der Waals surface area contributed by atoms with Gasteiger partial charge in [-0.3, -0.25) is 14.5 Å². The van der Waals surface area contributed by atoms with Crippen molar-refractivity contribution in [1.82, 2.24) is 4.98 Å². The average Bonchev–Trinajstić information content (AvgIpc) is 3.41. The molecule has 1 aliphatic heterocycles. The Labute approximate surface area is 233 Å². The second-order valence-electron chi connectivity index (χ2n) is 10.4. The number of ether oxygens (including phenoxy) is 1. The van der Waals surface area contributed by atoms with Gasteiger partial charge in [-0.1, -0.05) is 44.2 Å². The number of nitrogens with zero attached hydrogens (tertiary/aromatic N) is 2. The number of phenols is 1. The van der Waals surface area contributed by atoms with Crippen molar-refractivity contribution < 1.29 is 33.3 Å². The molecule has 1 saturated heterocycles. The number of phenolic OH excluding ortho intramolecular Hbond substituents is 1. The van der Waals surface area contributed by atoms with Crippen LogP contribution in [0.3, 0.4) is 0 Å². The molecule has 0 radical (unpaired) electrons. The quantitative estimate of drug-likeness (QED) is 0.161. The van der Waals surface area contributed by atoms with Gasteiger partial charge in [-0.15, -0.1) is 0 Å². The van der Waals surface area contributed by atoms with Gasteiger partial charge >= 0.3 is 5.91 Å². The molecule has 4 aromatic rings. The third-order valence-corrected chi connectivity index (χ3v) is 7.66. The maximum atomic E-state index is 13.9. The summed E-state index contributed by atoms with van der Waals surface area (Å²) >= 11 is 0.913. The molecule has 1 amide bonds. The van der Waals surface area contributed by atoms with Crippen molar-refractivity contribution in [2.24, 2.45) is 0 Å². The van der Waals surface area contributed by atoms with Gasteiger partial charge in [-0.25, -0.2) is 13.8 Å². The van der Waals surface area contributed by atoms with E-state index in [9.17, 15) is 28.6 Å². The fraction of sp³-hybridized carbons (Fsp3) is 0.233. The van der Waals surface area contributed by atoms with Crippen molar-refractivity contribution in [2.75, 3.05) is 11.5 Å². The van der Waals surface area contributed by atoms with Crippen molar-refractivity contribution >= 4 is 44.1 Å². The topological polar surface area (TPSA) is 100.0 Å². The highest BCUT2D eigenvalue weighted by molar-refractivity contribution is 7.22. The Morgan fingerprint density at radius 1 is 1.05 bits per heavy atom. The molecule has 1 fully saturated rings. The Morgan fingerprint density at radius 2 is 1.73 bits per heavy atom. The monoisotopic (exact) mass is 564 g/mol. The van der Waals surface area contributed by atoms with Crippen LogP contribution in [0.5, 0.6) is 11.5 Å². The molecule has 206 valence electrons. The molecule has 1 aromatic heterocycles. The number of carbonyl (C=O) groups excluding carboxylic acids is 2. The van der Waals surface area contributed by atoms with Gasteiger partial charge in [0.25, 0.3) is 5.78 Å². The first kappa shape index (κ1) is 27.3. The van der Waals surface area contributed by atoms with Gasteiger partial charge in [0.1, 0.15) is 17.3 Å².